The maximum absolute atomic E-state index is 9.36. The van der Waals surface area contributed by atoms with E-state index in [0.29, 0.717) is 11.4 Å². The average Bonchev–Trinajstić information content (AvgIpc) is 3.54. The molecule has 3 aliphatic rings. The van der Waals surface area contributed by atoms with Gasteiger partial charge in [0.2, 0.25) is 0 Å². The predicted octanol–water partition coefficient (Wildman–Crippen LogP) is 18.6. The van der Waals surface area contributed by atoms with E-state index < -0.39 is 11.5 Å². The fourth-order valence-corrected chi connectivity index (χ4v) is 12.4. The summed E-state index contributed by atoms with van der Waals surface area (Å²) < 4.78 is 45.0. The first-order chi connectivity index (χ1) is 37.5. The Labute approximate surface area is 429 Å². The average molecular weight is 924 g/mol. The molecule has 340 valence electrons. The maximum atomic E-state index is 9.36. The van der Waals surface area contributed by atoms with Crippen LogP contribution in [0.5, 0.6) is 0 Å². The Morgan fingerprint density at radius 2 is 0.778 bits per heavy atom. The first-order valence-corrected chi connectivity index (χ1v) is 24.8. The Bertz CT molecular complexity index is 4170. The molecule has 1 spiro atoms. The lowest BCUT2D eigenvalue weighted by Crippen LogP contribution is -2.26. The highest BCUT2D eigenvalue weighted by Crippen LogP contribution is 2.65. The molecular weight excluding hydrogens is 869 g/mol. The van der Waals surface area contributed by atoms with Crippen LogP contribution in [0.1, 0.15) is 54.1 Å². The molecule has 0 radical (unpaired) electrons. The lowest BCUT2D eigenvalue weighted by atomic mass is 9.70. The summed E-state index contributed by atoms with van der Waals surface area (Å²) in [5.74, 6) is 0. The molecule has 0 amide bonds. The zero-order chi connectivity index (χ0) is 52.3. The number of nitrogens with zero attached hydrogens (tertiary/aromatic N) is 2. The van der Waals surface area contributed by atoms with Crippen LogP contribution in [0.3, 0.4) is 0 Å². The minimum absolute atomic E-state index is 0.0826. The SMILES string of the molecule is [2H]c1c([2H])c([2H])c(N(c2ccccc2)c2ccc3c(c2)C2(c4ccccc4-c4cc(-c5ccccc5)c(N(c5ccccc5)c5ccc6c(c5)C(C)(C)c5ccccc5-6)cc42)c2ccc(-c4ccccc4)cc2-3)c([2H])c1[2H]. The van der Waals surface area contributed by atoms with Gasteiger partial charge >= 0.3 is 0 Å². The monoisotopic (exact) mass is 923 g/mol. The van der Waals surface area contributed by atoms with E-state index in [2.05, 4.69) is 213 Å². The summed E-state index contributed by atoms with van der Waals surface area (Å²) in [5, 5.41) is 0. The molecular formula is C70H50N2. The molecule has 0 fully saturated rings. The minimum atomic E-state index is -0.877. The molecule has 2 heteroatoms. The summed E-state index contributed by atoms with van der Waals surface area (Å²) in [4.78, 5) is 4.28. The zero-order valence-corrected chi connectivity index (χ0v) is 39.9. The van der Waals surface area contributed by atoms with Crippen molar-refractivity contribution >= 4 is 34.1 Å². The van der Waals surface area contributed by atoms with Crippen LogP contribution in [-0.4, -0.2) is 0 Å². The standard InChI is InChI=1S/C70H50N2/c1-69(2)62-34-20-18-32-55(62)57-39-38-54(43-65(57)69)72(52-30-16-7-17-31-52)68-46-67-61(45-59(68)48-24-10-4-11-25-48)56-33-19-21-35-63(56)70(67)64-41-36-49(47-22-8-3-9-23-47)42-60(64)58-40-37-53(44-66(58)70)71(50-26-12-5-13-27-50)51-28-14-6-15-29-51/h3-46H,1-2H3/i5D,12D,13D,26D,27D. The summed E-state index contributed by atoms with van der Waals surface area (Å²) in [6.45, 7) is 4.67. The fraction of sp³-hybridized carbons (Fsp3) is 0.0571. The van der Waals surface area contributed by atoms with Gasteiger partial charge in [-0.1, -0.05) is 202 Å². The van der Waals surface area contributed by atoms with Gasteiger partial charge in [0.05, 0.1) is 18.0 Å². The number of hydrogen-bond donors (Lipinski definition) is 0. The Morgan fingerprint density at radius 3 is 1.46 bits per heavy atom. The molecule has 14 rings (SSSR count). The van der Waals surface area contributed by atoms with Crippen molar-refractivity contribution in [3.05, 3.63) is 300 Å². The second-order valence-electron chi connectivity index (χ2n) is 19.6. The van der Waals surface area contributed by atoms with E-state index in [1.165, 1.54) is 22.3 Å². The molecule has 1 atom stereocenters. The van der Waals surface area contributed by atoms with Crippen LogP contribution in [0, 0.1) is 0 Å². The first-order valence-electron chi connectivity index (χ1n) is 27.3. The smallest absolute Gasteiger partial charge is 0.0727 e. The highest BCUT2D eigenvalue weighted by atomic mass is 15.1. The molecule has 0 bridgehead atoms. The first kappa shape index (κ1) is 36.9. The third-order valence-corrected chi connectivity index (χ3v) is 15.5. The molecule has 11 aromatic carbocycles. The van der Waals surface area contributed by atoms with E-state index in [1.54, 1.807) is 0 Å². The van der Waals surface area contributed by atoms with Crippen LogP contribution < -0.4 is 9.80 Å². The van der Waals surface area contributed by atoms with Gasteiger partial charge in [0.15, 0.2) is 0 Å². The fourth-order valence-electron chi connectivity index (χ4n) is 12.4. The lowest BCUT2D eigenvalue weighted by Gasteiger charge is -2.34. The maximum Gasteiger partial charge on any atom is 0.0727 e. The number of anilines is 6. The Morgan fingerprint density at radius 1 is 0.292 bits per heavy atom. The lowest BCUT2D eigenvalue weighted by molar-refractivity contribution is 0.660. The highest BCUT2D eigenvalue weighted by Gasteiger charge is 2.52. The van der Waals surface area contributed by atoms with Gasteiger partial charge in [-0.05, 0) is 162 Å². The van der Waals surface area contributed by atoms with Crippen molar-refractivity contribution in [1.82, 2.24) is 0 Å². The number of rotatable bonds is 8. The van der Waals surface area contributed by atoms with E-state index in [1.807, 2.05) is 47.4 Å². The van der Waals surface area contributed by atoms with Crippen LogP contribution >= 0.6 is 0 Å². The molecule has 1 unspecified atom stereocenters. The number of para-hydroxylation sites is 3. The third-order valence-electron chi connectivity index (χ3n) is 15.5. The van der Waals surface area contributed by atoms with Gasteiger partial charge in [-0.2, -0.15) is 0 Å². The van der Waals surface area contributed by atoms with Gasteiger partial charge < -0.3 is 9.80 Å². The molecule has 0 N–H and O–H groups in total. The zero-order valence-electron chi connectivity index (χ0n) is 44.9. The normalized spacial score (nSPS) is 15.9. The topological polar surface area (TPSA) is 6.48 Å². The van der Waals surface area contributed by atoms with Crippen molar-refractivity contribution in [2.45, 2.75) is 24.7 Å². The van der Waals surface area contributed by atoms with Crippen molar-refractivity contribution in [3.8, 4) is 55.6 Å². The van der Waals surface area contributed by atoms with Crippen LogP contribution in [0.2, 0.25) is 0 Å². The predicted molar refractivity (Wildman–Crippen MR) is 301 cm³/mol. The van der Waals surface area contributed by atoms with Crippen LogP contribution in [0.25, 0.3) is 55.6 Å². The third kappa shape index (κ3) is 6.22. The molecule has 0 heterocycles. The number of hydrogen-bond acceptors (Lipinski definition) is 2. The molecule has 72 heavy (non-hydrogen) atoms. The van der Waals surface area contributed by atoms with E-state index in [9.17, 15) is 2.74 Å². The molecule has 11 aromatic rings. The van der Waals surface area contributed by atoms with Crippen LogP contribution in [-0.2, 0) is 10.8 Å². The largest absolute Gasteiger partial charge is 0.310 e. The number of fused-ring (bicyclic) bond motifs is 13. The summed E-state index contributed by atoms with van der Waals surface area (Å²) >= 11 is 0. The summed E-state index contributed by atoms with van der Waals surface area (Å²) in [7, 11) is 0. The van der Waals surface area contributed by atoms with Gasteiger partial charge in [0.25, 0.3) is 0 Å². The molecule has 3 aliphatic carbocycles. The van der Waals surface area contributed by atoms with E-state index in [4.69, 9.17) is 4.11 Å². The van der Waals surface area contributed by atoms with Crippen molar-refractivity contribution in [3.63, 3.8) is 0 Å². The quantitative estimate of drug-likeness (QED) is 0.150. The van der Waals surface area contributed by atoms with Gasteiger partial charge in [-0.15, -0.1) is 0 Å². The van der Waals surface area contributed by atoms with Crippen molar-refractivity contribution < 1.29 is 6.85 Å². The summed E-state index contributed by atoms with van der Waals surface area (Å²) in [6, 6.07) is 82.7. The molecule has 0 saturated heterocycles. The van der Waals surface area contributed by atoms with Gasteiger partial charge in [-0.25, -0.2) is 0 Å². The molecule has 0 aliphatic heterocycles. The summed E-state index contributed by atoms with van der Waals surface area (Å²) in [6.07, 6.45) is 0. The number of benzene rings is 11. The minimum Gasteiger partial charge on any atom is -0.310 e. The van der Waals surface area contributed by atoms with Crippen LogP contribution in [0.4, 0.5) is 34.1 Å². The van der Waals surface area contributed by atoms with E-state index in [0.717, 1.165) is 83.8 Å². The Kier molecular flexibility index (Phi) is 8.36. The second-order valence-corrected chi connectivity index (χ2v) is 19.6. The highest BCUT2D eigenvalue weighted by molar-refractivity contribution is 6.01. The molecule has 0 saturated carbocycles. The van der Waals surface area contributed by atoms with Gasteiger partial charge in [0, 0.05) is 39.4 Å². The molecule has 2 nitrogen and oxygen atoms in total. The molecule has 0 aromatic heterocycles. The Balaban J connectivity index is 1.09. The van der Waals surface area contributed by atoms with Crippen molar-refractivity contribution in [2.75, 3.05) is 9.80 Å². The summed E-state index contributed by atoms with van der Waals surface area (Å²) in [5.41, 5.74) is 21.9. The van der Waals surface area contributed by atoms with Crippen molar-refractivity contribution in [1.29, 1.82) is 0 Å². The van der Waals surface area contributed by atoms with Crippen LogP contribution in [0.15, 0.2) is 267 Å². The Hall–Kier alpha value is -8.98. The second kappa shape index (κ2) is 16.3. The van der Waals surface area contributed by atoms with E-state index in [-0.39, 0.29) is 35.3 Å². The van der Waals surface area contributed by atoms with Gasteiger partial charge in [0.1, 0.15) is 0 Å². The van der Waals surface area contributed by atoms with Crippen molar-refractivity contribution in [2.24, 2.45) is 0 Å². The van der Waals surface area contributed by atoms with Gasteiger partial charge in [-0.3, -0.25) is 0 Å². The van der Waals surface area contributed by atoms with E-state index >= 15 is 0 Å².